The Morgan fingerprint density at radius 1 is 1.31 bits per heavy atom. The van der Waals surface area contributed by atoms with Gasteiger partial charge in [-0.2, -0.15) is 0 Å². The molecule has 2 rings (SSSR count). The Bertz CT molecular complexity index is 527. The van der Waals surface area contributed by atoms with E-state index in [9.17, 15) is 0 Å². The van der Waals surface area contributed by atoms with E-state index in [1.165, 1.54) is 0 Å². The van der Waals surface area contributed by atoms with Gasteiger partial charge in [-0.15, -0.1) is 0 Å². The number of aromatic nitrogens is 1. The largest absolute Gasteiger partial charge is 0.478 e. The predicted octanol–water partition coefficient (Wildman–Crippen LogP) is 1.65. The van der Waals surface area contributed by atoms with E-state index in [4.69, 9.17) is 9.47 Å². The lowest BCUT2D eigenvalue weighted by atomic mass is 10.1. The number of rotatable bonds is 9. The van der Waals surface area contributed by atoms with Crippen LogP contribution in [0.15, 0.2) is 23.3 Å². The molecule has 0 aromatic carbocycles. The summed E-state index contributed by atoms with van der Waals surface area (Å²) in [7, 11) is 3.56. The maximum absolute atomic E-state index is 5.51. The Balaban J connectivity index is 1.71. The standard InChI is InChI=1S/C19H33N5O2/c1-4-12-26-18-6-5-16(14-21-18)15-22-19(20-2)23-17-7-9-24(10-8-17)11-13-25-3/h5-6,14,17H,4,7-13,15H2,1-3H3,(H2,20,22,23). The van der Waals surface area contributed by atoms with Crippen LogP contribution in [0.4, 0.5) is 0 Å². The number of pyridine rings is 1. The zero-order valence-electron chi connectivity index (χ0n) is 16.3. The van der Waals surface area contributed by atoms with Gasteiger partial charge in [0, 0.05) is 58.6 Å². The molecule has 146 valence electrons. The number of hydrogen-bond acceptors (Lipinski definition) is 5. The second-order valence-corrected chi connectivity index (χ2v) is 6.53. The highest BCUT2D eigenvalue weighted by Crippen LogP contribution is 2.10. The van der Waals surface area contributed by atoms with Gasteiger partial charge in [-0.1, -0.05) is 13.0 Å². The summed E-state index contributed by atoms with van der Waals surface area (Å²) >= 11 is 0. The Morgan fingerprint density at radius 3 is 2.73 bits per heavy atom. The normalized spacial score (nSPS) is 16.5. The highest BCUT2D eigenvalue weighted by atomic mass is 16.5. The van der Waals surface area contributed by atoms with Crippen molar-refractivity contribution < 1.29 is 9.47 Å². The van der Waals surface area contributed by atoms with Crippen molar-refractivity contribution in [3.05, 3.63) is 23.9 Å². The van der Waals surface area contributed by atoms with Crippen molar-refractivity contribution >= 4 is 5.96 Å². The molecule has 0 bridgehead atoms. The Labute approximate surface area is 157 Å². The number of ether oxygens (including phenoxy) is 2. The van der Waals surface area contributed by atoms with Crippen molar-refractivity contribution in [1.29, 1.82) is 0 Å². The van der Waals surface area contributed by atoms with Crippen LogP contribution in [0.3, 0.4) is 0 Å². The van der Waals surface area contributed by atoms with E-state index < -0.39 is 0 Å². The molecule has 1 aromatic heterocycles. The molecule has 26 heavy (non-hydrogen) atoms. The molecule has 2 heterocycles. The van der Waals surface area contributed by atoms with Crippen molar-refractivity contribution in [3.63, 3.8) is 0 Å². The molecule has 1 aromatic rings. The van der Waals surface area contributed by atoms with Crippen LogP contribution in [0.1, 0.15) is 31.7 Å². The van der Waals surface area contributed by atoms with Gasteiger partial charge in [-0.25, -0.2) is 4.98 Å². The van der Waals surface area contributed by atoms with Gasteiger partial charge in [0.25, 0.3) is 0 Å². The highest BCUT2D eigenvalue weighted by molar-refractivity contribution is 5.79. The topological polar surface area (TPSA) is 71.0 Å². The number of guanidine groups is 1. The minimum atomic E-state index is 0.461. The lowest BCUT2D eigenvalue weighted by Crippen LogP contribution is -2.48. The summed E-state index contributed by atoms with van der Waals surface area (Å²) in [6.07, 6.45) is 5.07. The number of nitrogens with one attached hydrogen (secondary N) is 2. The summed E-state index contributed by atoms with van der Waals surface area (Å²) in [6, 6.07) is 4.41. The van der Waals surface area contributed by atoms with E-state index in [2.05, 4.69) is 32.4 Å². The molecule has 0 spiro atoms. The van der Waals surface area contributed by atoms with Crippen LogP contribution in [0.5, 0.6) is 5.88 Å². The van der Waals surface area contributed by atoms with E-state index >= 15 is 0 Å². The molecule has 1 aliphatic rings. The Morgan fingerprint density at radius 2 is 2.12 bits per heavy atom. The van der Waals surface area contributed by atoms with Gasteiger partial charge in [0.2, 0.25) is 5.88 Å². The summed E-state index contributed by atoms with van der Waals surface area (Å²) in [5.41, 5.74) is 1.10. The monoisotopic (exact) mass is 363 g/mol. The third kappa shape index (κ3) is 7.17. The fourth-order valence-electron chi connectivity index (χ4n) is 2.90. The molecule has 1 aliphatic heterocycles. The van der Waals surface area contributed by atoms with E-state index in [0.717, 1.165) is 57.0 Å². The fourth-order valence-corrected chi connectivity index (χ4v) is 2.90. The summed E-state index contributed by atoms with van der Waals surface area (Å²) in [5, 5.41) is 6.89. The van der Waals surface area contributed by atoms with E-state index in [-0.39, 0.29) is 0 Å². The van der Waals surface area contributed by atoms with Crippen molar-refractivity contribution in [2.24, 2.45) is 4.99 Å². The first-order valence-electron chi connectivity index (χ1n) is 9.51. The number of hydrogen-bond donors (Lipinski definition) is 2. The molecule has 0 saturated carbocycles. The van der Waals surface area contributed by atoms with Gasteiger partial charge in [0.05, 0.1) is 13.2 Å². The molecule has 0 unspecified atom stereocenters. The third-order valence-electron chi connectivity index (χ3n) is 4.48. The number of piperidine rings is 1. The van der Waals surface area contributed by atoms with Crippen molar-refractivity contribution in [1.82, 2.24) is 20.5 Å². The lowest BCUT2D eigenvalue weighted by molar-refractivity contribution is 0.128. The average Bonchev–Trinajstić information content (AvgIpc) is 2.69. The second kappa shape index (κ2) is 11.7. The molecule has 1 fully saturated rings. The highest BCUT2D eigenvalue weighted by Gasteiger charge is 2.19. The summed E-state index contributed by atoms with van der Waals surface area (Å²) in [5.74, 6) is 1.52. The number of aliphatic imine (C=N–C) groups is 1. The molecule has 0 amide bonds. The van der Waals surface area contributed by atoms with Crippen LogP contribution < -0.4 is 15.4 Å². The van der Waals surface area contributed by atoms with Gasteiger partial charge in [0.15, 0.2) is 5.96 Å². The van der Waals surface area contributed by atoms with E-state index in [1.54, 1.807) is 7.11 Å². The smallest absolute Gasteiger partial charge is 0.213 e. The lowest BCUT2D eigenvalue weighted by Gasteiger charge is -2.32. The Kier molecular flexibility index (Phi) is 9.20. The quantitative estimate of drug-likeness (QED) is 0.513. The van der Waals surface area contributed by atoms with Crippen molar-refractivity contribution in [2.75, 3.05) is 47.0 Å². The first kappa shape index (κ1) is 20.5. The first-order chi connectivity index (χ1) is 12.7. The van der Waals surface area contributed by atoms with Crippen molar-refractivity contribution in [3.8, 4) is 5.88 Å². The molecule has 7 nitrogen and oxygen atoms in total. The van der Waals surface area contributed by atoms with Crippen LogP contribution in [-0.4, -0.2) is 68.9 Å². The van der Waals surface area contributed by atoms with Gasteiger partial charge in [-0.05, 0) is 24.8 Å². The maximum atomic E-state index is 5.51. The van der Waals surface area contributed by atoms with Crippen LogP contribution >= 0.6 is 0 Å². The SMILES string of the molecule is CCCOc1ccc(CNC(=NC)NC2CCN(CCOC)CC2)cn1. The fraction of sp³-hybridized carbons (Fsp3) is 0.684. The molecular formula is C19H33N5O2. The maximum Gasteiger partial charge on any atom is 0.213 e. The van der Waals surface area contributed by atoms with Crippen molar-refractivity contribution in [2.45, 2.75) is 38.8 Å². The molecule has 1 saturated heterocycles. The zero-order chi connectivity index (χ0) is 18.6. The van der Waals surface area contributed by atoms with Gasteiger partial charge >= 0.3 is 0 Å². The number of nitrogens with zero attached hydrogens (tertiary/aromatic N) is 3. The third-order valence-corrected chi connectivity index (χ3v) is 4.48. The van der Waals surface area contributed by atoms with Crippen LogP contribution in [0.25, 0.3) is 0 Å². The molecular weight excluding hydrogens is 330 g/mol. The van der Waals surface area contributed by atoms with Crippen LogP contribution in [0, 0.1) is 0 Å². The van der Waals surface area contributed by atoms with E-state index in [1.807, 2.05) is 25.4 Å². The zero-order valence-corrected chi connectivity index (χ0v) is 16.3. The van der Waals surface area contributed by atoms with Crippen LogP contribution in [0.2, 0.25) is 0 Å². The molecule has 0 atom stereocenters. The van der Waals surface area contributed by atoms with Gasteiger partial charge < -0.3 is 25.0 Å². The first-order valence-corrected chi connectivity index (χ1v) is 9.51. The molecule has 0 radical (unpaired) electrons. The van der Waals surface area contributed by atoms with Gasteiger partial charge in [0.1, 0.15) is 0 Å². The summed E-state index contributed by atoms with van der Waals surface area (Å²) in [4.78, 5) is 11.1. The summed E-state index contributed by atoms with van der Waals surface area (Å²) in [6.45, 7) is 7.49. The number of likely N-dealkylation sites (tertiary alicyclic amines) is 1. The van der Waals surface area contributed by atoms with Crippen LogP contribution in [-0.2, 0) is 11.3 Å². The van der Waals surface area contributed by atoms with E-state index in [0.29, 0.717) is 25.1 Å². The Hall–Kier alpha value is -1.86. The van der Waals surface area contributed by atoms with Gasteiger partial charge in [-0.3, -0.25) is 4.99 Å². The summed E-state index contributed by atoms with van der Waals surface area (Å²) < 4.78 is 10.7. The molecule has 2 N–H and O–H groups in total. The minimum absolute atomic E-state index is 0.461. The molecule has 0 aliphatic carbocycles. The minimum Gasteiger partial charge on any atom is -0.478 e. The molecule has 7 heteroatoms. The number of methoxy groups -OCH3 is 1. The predicted molar refractivity (Wildman–Crippen MR) is 105 cm³/mol. The average molecular weight is 364 g/mol. The second-order valence-electron chi connectivity index (χ2n) is 6.53.